The highest BCUT2D eigenvalue weighted by Crippen LogP contribution is 2.27. The average Bonchev–Trinajstić information content (AvgIpc) is 3.16. The molecule has 6 nitrogen and oxygen atoms in total. The first-order valence-electron chi connectivity index (χ1n) is 10.4. The van der Waals surface area contributed by atoms with Gasteiger partial charge in [0.1, 0.15) is 0 Å². The van der Waals surface area contributed by atoms with E-state index in [1.165, 1.54) is 0 Å². The molecule has 2 aromatic carbocycles. The number of nitrogens with zero attached hydrogens (tertiary/aromatic N) is 1. The zero-order chi connectivity index (χ0) is 23.0. The Bertz CT molecular complexity index is 1230. The summed E-state index contributed by atoms with van der Waals surface area (Å²) in [6.07, 6.45) is 2.66. The van der Waals surface area contributed by atoms with Gasteiger partial charge in [-0.15, -0.1) is 0 Å². The van der Waals surface area contributed by atoms with Crippen molar-refractivity contribution in [2.75, 3.05) is 13.1 Å². The maximum absolute atomic E-state index is 12.9. The van der Waals surface area contributed by atoms with E-state index in [2.05, 4.69) is 26.2 Å². The second kappa shape index (κ2) is 8.71. The van der Waals surface area contributed by atoms with Crippen LogP contribution in [0.1, 0.15) is 46.0 Å². The topological polar surface area (TPSA) is 82.3 Å². The van der Waals surface area contributed by atoms with Crippen molar-refractivity contribution >= 4 is 56.0 Å². The van der Waals surface area contributed by atoms with E-state index in [1.54, 1.807) is 23.2 Å². The molecule has 1 aliphatic rings. The number of nitrogens with one attached hydrogen (secondary N) is 2. The Hall–Kier alpha value is -2.64. The molecule has 0 saturated carbocycles. The fraction of sp³-hybridized carbons (Fsp3) is 0.292. The Morgan fingerprint density at radius 3 is 2.50 bits per heavy atom. The molecule has 0 unspecified atom stereocenters. The van der Waals surface area contributed by atoms with Gasteiger partial charge in [0.05, 0.1) is 16.1 Å². The second-order valence-electron chi connectivity index (χ2n) is 8.51. The summed E-state index contributed by atoms with van der Waals surface area (Å²) in [5, 5.41) is 4.18. The van der Waals surface area contributed by atoms with Gasteiger partial charge < -0.3 is 15.2 Å². The number of piperidine rings is 1. The Labute approximate surface area is 199 Å². The molecular formula is C24H23BrClN3O3. The normalized spacial score (nSPS) is 15.6. The molecule has 32 heavy (non-hydrogen) atoms. The van der Waals surface area contributed by atoms with Crippen LogP contribution in [0.15, 0.2) is 47.1 Å². The van der Waals surface area contributed by atoms with E-state index >= 15 is 0 Å². The number of halogens is 2. The number of rotatable bonds is 4. The monoisotopic (exact) mass is 515 g/mol. The highest BCUT2D eigenvalue weighted by Gasteiger charge is 2.36. The molecule has 166 valence electrons. The van der Waals surface area contributed by atoms with Gasteiger partial charge in [0, 0.05) is 40.2 Å². The molecule has 1 fully saturated rings. The van der Waals surface area contributed by atoms with Gasteiger partial charge in [0.2, 0.25) is 0 Å². The van der Waals surface area contributed by atoms with E-state index in [9.17, 15) is 14.4 Å². The lowest BCUT2D eigenvalue weighted by Gasteiger charge is -2.39. The standard InChI is InChI=1S/C24H23BrClN3O3/c1-14-3-5-16(19(26)11-14)22(31)28-24(2)7-9-29(10-8-24)23(32)21(30)18-13-27-20-6-4-15(25)12-17(18)20/h3-6,11-13,27H,7-10H2,1-2H3,(H,28,31). The number of ketones is 1. The predicted octanol–water partition coefficient (Wildman–Crippen LogP) is 4.89. The predicted molar refractivity (Wildman–Crippen MR) is 128 cm³/mol. The number of hydrogen-bond acceptors (Lipinski definition) is 3. The zero-order valence-corrected chi connectivity index (χ0v) is 20.1. The minimum Gasteiger partial charge on any atom is -0.360 e. The van der Waals surface area contributed by atoms with Gasteiger partial charge in [-0.3, -0.25) is 14.4 Å². The van der Waals surface area contributed by atoms with Crippen molar-refractivity contribution in [3.63, 3.8) is 0 Å². The minimum absolute atomic E-state index is 0.238. The molecular weight excluding hydrogens is 494 g/mol. The Balaban J connectivity index is 1.42. The van der Waals surface area contributed by atoms with Crippen LogP contribution in [0.25, 0.3) is 10.9 Å². The molecule has 2 amide bonds. The molecule has 0 spiro atoms. The third-order valence-electron chi connectivity index (χ3n) is 6.02. The van der Waals surface area contributed by atoms with Crippen LogP contribution >= 0.6 is 27.5 Å². The molecule has 2 N–H and O–H groups in total. The molecule has 0 aliphatic carbocycles. The fourth-order valence-electron chi connectivity index (χ4n) is 4.01. The number of Topliss-reactive ketones (excluding diaryl/α,β-unsaturated/α-hetero) is 1. The van der Waals surface area contributed by atoms with Crippen LogP contribution < -0.4 is 5.32 Å². The summed E-state index contributed by atoms with van der Waals surface area (Å²) in [6, 6.07) is 10.9. The van der Waals surface area contributed by atoms with Crippen LogP contribution in [0.2, 0.25) is 5.02 Å². The van der Waals surface area contributed by atoms with E-state index in [0.717, 1.165) is 15.6 Å². The number of aromatic nitrogens is 1. The summed E-state index contributed by atoms with van der Waals surface area (Å²) < 4.78 is 0.837. The summed E-state index contributed by atoms with van der Waals surface area (Å²) in [7, 11) is 0. The van der Waals surface area contributed by atoms with Crippen LogP contribution in [-0.2, 0) is 4.79 Å². The molecule has 4 rings (SSSR count). The van der Waals surface area contributed by atoms with Gasteiger partial charge in [-0.2, -0.15) is 0 Å². The third kappa shape index (κ3) is 4.45. The number of hydrogen-bond donors (Lipinski definition) is 2. The Kier molecular flexibility index (Phi) is 6.14. The van der Waals surface area contributed by atoms with Gasteiger partial charge in [0.15, 0.2) is 0 Å². The average molecular weight is 517 g/mol. The molecule has 1 aromatic heterocycles. The number of H-pyrrole nitrogens is 1. The number of amides is 2. The van der Waals surface area contributed by atoms with Crippen molar-refractivity contribution in [3.8, 4) is 0 Å². The van der Waals surface area contributed by atoms with Crippen LogP contribution in [0.4, 0.5) is 0 Å². The Morgan fingerprint density at radius 2 is 1.81 bits per heavy atom. The quantitative estimate of drug-likeness (QED) is 0.383. The first kappa shape index (κ1) is 22.6. The summed E-state index contributed by atoms with van der Waals surface area (Å²) in [6.45, 7) is 4.63. The van der Waals surface area contributed by atoms with Crippen molar-refractivity contribution < 1.29 is 14.4 Å². The van der Waals surface area contributed by atoms with Crippen LogP contribution in [0.3, 0.4) is 0 Å². The van der Waals surface area contributed by atoms with Gasteiger partial charge in [-0.05, 0) is 62.6 Å². The highest BCUT2D eigenvalue weighted by molar-refractivity contribution is 9.10. The number of aromatic amines is 1. The van der Waals surface area contributed by atoms with Crippen molar-refractivity contribution in [1.82, 2.24) is 15.2 Å². The number of carbonyl (C=O) groups is 3. The van der Waals surface area contributed by atoms with Crippen molar-refractivity contribution in [2.24, 2.45) is 0 Å². The van der Waals surface area contributed by atoms with E-state index in [0.29, 0.717) is 47.5 Å². The lowest BCUT2D eigenvalue weighted by Crippen LogP contribution is -2.55. The Morgan fingerprint density at radius 1 is 1.09 bits per heavy atom. The summed E-state index contributed by atoms with van der Waals surface area (Å²) >= 11 is 9.64. The first-order chi connectivity index (χ1) is 15.2. The molecule has 0 atom stereocenters. The van der Waals surface area contributed by atoms with E-state index < -0.39 is 17.2 Å². The van der Waals surface area contributed by atoms with Gasteiger partial charge >= 0.3 is 0 Å². The maximum Gasteiger partial charge on any atom is 0.295 e. The van der Waals surface area contributed by atoms with Crippen LogP contribution in [0.5, 0.6) is 0 Å². The lowest BCUT2D eigenvalue weighted by molar-refractivity contribution is -0.127. The molecule has 0 bridgehead atoms. The van der Waals surface area contributed by atoms with Gasteiger partial charge in [-0.25, -0.2) is 0 Å². The van der Waals surface area contributed by atoms with E-state index in [-0.39, 0.29) is 5.91 Å². The van der Waals surface area contributed by atoms with Crippen molar-refractivity contribution in [1.29, 1.82) is 0 Å². The van der Waals surface area contributed by atoms with Crippen molar-refractivity contribution in [2.45, 2.75) is 32.2 Å². The summed E-state index contributed by atoms with van der Waals surface area (Å²) in [5.41, 5.74) is 2.08. The SMILES string of the molecule is Cc1ccc(C(=O)NC2(C)CCN(C(=O)C(=O)c3c[nH]c4ccc(Br)cc34)CC2)c(Cl)c1. The number of aryl methyl sites for hydroxylation is 1. The number of likely N-dealkylation sites (tertiary alicyclic amines) is 1. The zero-order valence-electron chi connectivity index (χ0n) is 17.8. The highest BCUT2D eigenvalue weighted by atomic mass is 79.9. The van der Waals surface area contributed by atoms with Crippen LogP contribution in [0, 0.1) is 6.92 Å². The summed E-state index contributed by atoms with van der Waals surface area (Å²) in [5.74, 6) is -1.30. The molecule has 3 aromatic rings. The number of benzene rings is 2. The largest absolute Gasteiger partial charge is 0.360 e. The molecule has 2 heterocycles. The van der Waals surface area contributed by atoms with Crippen LogP contribution in [-0.4, -0.2) is 46.1 Å². The van der Waals surface area contributed by atoms with Crippen molar-refractivity contribution in [3.05, 3.63) is 68.8 Å². The maximum atomic E-state index is 12.9. The van der Waals surface area contributed by atoms with E-state index in [4.69, 9.17) is 11.6 Å². The molecule has 8 heteroatoms. The second-order valence-corrected chi connectivity index (χ2v) is 9.83. The minimum atomic E-state index is -0.534. The number of fused-ring (bicyclic) bond motifs is 1. The smallest absolute Gasteiger partial charge is 0.295 e. The first-order valence-corrected chi connectivity index (χ1v) is 11.5. The lowest BCUT2D eigenvalue weighted by atomic mass is 9.88. The van der Waals surface area contributed by atoms with Gasteiger partial charge in [-0.1, -0.05) is 33.6 Å². The summed E-state index contributed by atoms with van der Waals surface area (Å²) in [4.78, 5) is 43.2. The molecule has 1 aliphatic heterocycles. The van der Waals surface area contributed by atoms with Gasteiger partial charge in [0.25, 0.3) is 17.6 Å². The third-order valence-corrected chi connectivity index (χ3v) is 6.83. The molecule has 0 radical (unpaired) electrons. The van der Waals surface area contributed by atoms with E-state index in [1.807, 2.05) is 38.1 Å². The molecule has 1 saturated heterocycles. The number of carbonyl (C=O) groups excluding carboxylic acids is 3. The fourth-order valence-corrected chi connectivity index (χ4v) is 4.70.